The molecule has 4 rings (SSSR count). The molecule has 8 nitrogen and oxygen atoms in total. The molecule has 1 saturated heterocycles. The van der Waals surface area contributed by atoms with Crippen molar-refractivity contribution in [3.05, 3.63) is 53.6 Å². The molecule has 30 heavy (non-hydrogen) atoms. The fourth-order valence-electron chi connectivity index (χ4n) is 3.59. The van der Waals surface area contributed by atoms with Crippen LogP contribution in [0.5, 0.6) is 11.5 Å². The van der Waals surface area contributed by atoms with Crippen LogP contribution in [0.2, 0.25) is 0 Å². The highest BCUT2D eigenvalue weighted by atomic mass is 32.2. The summed E-state index contributed by atoms with van der Waals surface area (Å²) in [5, 5.41) is 2.83. The van der Waals surface area contributed by atoms with Crippen molar-refractivity contribution in [1.82, 2.24) is 9.62 Å². The van der Waals surface area contributed by atoms with E-state index in [0.29, 0.717) is 36.7 Å². The highest BCUT2D eigenvalue weighted by molar-refractivity contribution is 7.89. The molecule has 2 atom stereocenters. The van der Waals surface area contributed by atoms with Gasteiger partial charge in [0.05, 0.1) is 17.1 Å². The van der Waals surface area contributed by atoms with Gasteiger partial charge in [-0.25, -0.2) is 8.42 Å². The molecular formula is C21H24N2O6S. The van der Waals surface area contributed by atoms with Gasteiger partial charge in [-0.05, 0) is 55.8 Å². The van der Waals surface area contributed by atoms with Gasteiger partial charge in [0.15, 0.2) is 11.5 Å². The number of carbonyl (C=O) groups is 1. The average molecular weight is 432 g/mol. The number of nitrogens with one attached hydrogen (secondary N) is 1. The summed E-state index contributed by atoms with van der Waals surface area (Å²) < 4.78 is 43.5. The largest absolute Gasteiger partial charge is 0.454 e. The second kappa shape index (κ2) is 8.25. The number of hydrogen-bond donors (Lipinski definition) is 1. The molecule has 0 saturated carbocycles. The molecule has 1 fully saturated rings. The predicted molar refractivity (Wildman–Crippen MR) is 109 cm³/mol. The van der Waals surface area contributed by atoms with E-state index in [1.165, 1.54) is 28.6 Å². The van der Waals surface area contributed by atoms with Crippen LogP contribution in [0.1, 0.15) is 29.8 Å². The first-order valence-corrected chi connectivity index (χ1v) is 11.2. The van der Waals surface area contributed by atoms with E-state index < -0.39 is 10.0 Å². The van der Waals surface area contributed by atoms with Crippen LogP contribution in [0.4, 0.5) is 0 Å². The first-order valence-electron chi connectivity index (χ1n) is 9.75. The number of hydrogen-bond acceptors (Lipinski definition) is 6. The second-order valence-corrected chi connectivity index (χ2v) is 9.41. The fraction of sp³-hybridized carbons (Fsp3) is 0.381. The van der Waals surface area contributed by atoms with Gasteiger partial charge >= 0.3 is 0 Å². The fourth-order valence-corrected chi connectivity index (χ4v) is 5.18. The third-order valence-corrected chi connectivity index (χ3v) is 6.88. The van der Waals surface area contributed by atoms with Gasteiger partial charge in [-0.1, -0.05) is 6.07 Å². The Morgan fingerprint density at radius 1 is 1.03 bits per heavy atom. The van der Waals surface area contributed by atoms with Crippen LogP contribution >= 0.6 is 0 Å². The molecule has 0 bridgehead atoms. The Bertz CT molecular complexity index is 1030. The lowest BCUT2D eigenvalue weighted by molar-refractivity contribution is -0.0440. The zero-order valence-electron chi connectivity index (χ0n) is 16.8. The molecule has 0 radical (unpaired) electrons. The van der Waals surface area contributed by atoms with Gasteiger partial charge in [0.25, 0.3) is 5.91 Å². The number of nitrogens with zero attached hydrogens (tertiary/aromatic N) is 1. The lowest BCUT2D eigenvalue weighted by Crippen LogP contribution is -2.48. The monoisotopic (exact) mass is 432 g/mol. The average Bonchev–Trinajstić information content (AvgIpc) is 3.19. The summed E-state index contributed by atoms with van der Waals surface area (Å²) in [6.45, 7) is 4.84. The van der Waals surface area contributed by atoms with Gasteiger partial charge in [-0.15, -0.1) is 0 Å². The van der Waals surface area contributed by atoms with Crippen LogP contribution in [0.25, 0.3) is 0 Å². The standard InChI is InChI=1S/C21H24N2O6S/c1-14-11-23(12-15(2)29-14)30(25,26)18-6-4-17(5-7-18)21(24)22-10-16-3-8-19-20(9-16)28-13-27-19/h3-9,14-15H,10-13H2,1-2H3,(H,22,24). The molecule has 9 heteroatoms. The van der Waals surface area contributed by atoms with E-state index in [1.54, 1.807) is 6.07 Å². The summed E-state index contributed by atoms with van der Waals surface area (Å²) in [6, 6.07) is 11.5. The minimum absolute atomic E-state index is 0.162. The van der Waals surface area contributed by atoms with Crippen molar-refractivity contribution >= 4 is 15.9 Å². The molecule has 2 aliphatic heterocycles. The zero-order valence-corrected chi connectivity index (χ0v) is 17.6. The van der Waals surface area contributed by atoms with Gasteiger partial charge in [-0.2, -0.15) is 4.31 Å². The Balaban J connectivity index is 1.40. The summed E-state index contributed by atoms with van der Waals surface area (Å²) in [5.74, 6) is 1.05. The number of morpholine rings is 1. The van der Waals surface area contributed by atoms with Gasteiger partial charge in [-0.3, -0.25) is 4.79 Å². The molecule has 2 aromatic rings. The number of fused-ring (bicyclic) bond motifs is 1. The Hall–Kier alpha value is -2.62. The predicted octanol–water partition coefficient (Wildman–Crippen LogP) is 2.14. The molecule has 2 aliphatic rings. The van der Waals surface area contributed by atoms with E-state index in [0.717, 1.165) is 5.56 Å². The van der Waals surface area contributed by atoms with Gasteiger partial charge in [0.1, 0.15) is 0 Å². The maximum absolute atomic E-state index is 12.9. The van der Waals surface area contributed by atoms with E-state index in [1.807, 2.05) is 26.0 Å². The minimum Gasteiger partial charge on any atom is -0.454 e. The molecule has 2 aromatic carbocycles. The topological polar surface area (TPSA) is 94.2 Å². The highest BCUT2D eigenvalue weighted by Gasteiger charge is 2.32. The quantitative estimate of drug-likeness (QED) is 0.778. The molecule has 0 spiro atoms. The molecule has 2 heterocycles. The highest BCUT2D eigenvalue weighted by Crippen LogP contribution is 2.32. The van der Waals surface area contributed by atoms with Crippen LogP contribution in [-0.2, 0) is 21.3 Å². The molecule has 0 aliphatic carbocycles. The third-order valence-electron chi connectivity index (χ3n) is 5.03. The van der Waals surface area contributed by atoms with Crippen molar-refractivity contribution in [1.29, 1.82) is 0 Å². The lowest BCUT2D eigenvalue weighted by Gasteiger charge is -2.34. The molecule has 2 unspecified atom stereocenters. The Morgan fingerprint density at radius 3 is 2.40 bits per heavy atom. The number of rotatable bonds is 5. The summed E-state index contributed by atoms with van der Waals surface area (Å²) in [4.78, 5) is 12.6. The first-order chi connectivity index (χ1) is 14.3. The van der Waals surface area contributed by atoms with Crippen LogP contribution < -0.4 is 14.8 Å². The second-order valence-electron chi connectivity index (χ2n) is 7.47. The number of amides is 1. The van der Waals surface area contributed by atoms with E-state index in [4.69, 9.17) is 14.2 Å². The normalized spacial score (nSPS) is 21.4. The van der Waals surface area contributed by atoms with Crippen molar-refractivity contribution < 1.29 is 27.4 Å². The number of ether oxygens (including phenoxy) is 3. The van der Waals surface area contributed by atoms with Crippen LogP contribution in [-0.4, -0.2) is 50.7 Å². The Morgan fingerprint density at radius 2 is 1.70 bits per heavy atom. The van der Waals surface area contributed by atoms with E-state index in [-0.39, 0.29) is 29.8 Å². The van der Waals surface area contributed by atoms with Gasteiger partial charge in [0, 0.05) is 25.2 Å². The van der Waals surface area contributed by atoms with Crippen molar-refractivity contribution in [3.8, 4) is 11.5 Å². The van der Waals surface area contributed by atoms with Crippen LogP contribution in [0.3, 0.4) is 0 Å². The number of sulfonamides is 1. The molecule has 0 aromatic heterocycles. The van der Waals surface area contributed by atoms with E-state index in [2.05, 4.69) is 5.32 Å². The summed E-state index contributed by atoms with van der Waals surface area (Å²) in [6.07, 6.45) is -0.325. The Labute approximate surface area is 175 Å². The van der Waals surface area contributed by atoms with Crippen LogP contribution in [0.15, 0.2) is 47.4 Å². The lowest BCUT2D eigenvalue weighted by atomic mass is 10.2. The van der Waals surface area contributed by atoms with Crippen molar-refractivity contribution in [3.63, 3.8) is 0 Å². The maximum atomic E-state index is 12.9. The zero-order chi connectivity index (χ0) is 21.3. The van der Waals surface area contributed by atoms with E-state index in [9.17, 15) is 13.2 Å². The van der Waals surface area contributed by atoms with Crippen molar-refractivity contribution in [2.75, 3.05) is 19.9 Å². The van der Waals surface area contributed by atoms with Gasteiger partial charge in [0.2, 0.25) is 16.8 Å². The Kier molecular flexibility index (Phi) is 5.68. The first kappa shape index (κ1) is 20.6. The number of carbonyl (C=O) groups excluding carboxylic acids is 1. The summed E-state index contributed by atoms with van der Waals surface area (Å²) in [7, 11) is -3.64. The molecule has 1 amide bonds. The molecule has 1 N–H and O–H groups in total. The summed E-state index contributed by atoms with van der Waals surface area (Å²) >= 11 is 0. The van der Waals surface area contributed by atoms with Crippen LogP contribution in [0, 0.1) is 0 Å². The third kappa shape index (κ3) is 4.28. The maximum Gasteiger partial charge on any atom is 0.251 e. The SMILES string of the molecule is CC1CN(S(=O)(=O)c2ccc(C(=O)NCc3ccc4c(c3)OCO4)cc2)CC(C)O1. The van der Waals surface area contributed by atoms with Crippen molar-refractivity contribution in [2.24, 2.45) is 0 Å². The molecular weight excluding hydrogens is 408 g/mol. The minimum atomic E-state index is -3.64. The smallest absolute Gasteiger partial charge is 0.251 e. The van der Waals surface area contributed by atoms with E-state index >= 15 is 0 Å². The molecule has 160 valence electrons. The van der Waals surface area contributed by atoms with Crippen molar-refractivity contribution in [2.45, 2.75) is 37.5 Å². The summed E-state index contributed by atoms with van der Waals surface area (Å²) in [5.41, 5.74) is 1.26. The number of benzene rings is 2. The van der Waals surface area contributed by atoms with Gasteiger partial charge < -0.3 is 19.5 Å².